The van der Waals surface area contributed by atoms with E-state index in [2.05, 4.69) is 40.2 Å². The molecule has 4 aromatic rings. The van der Waals surface area contributed by atoms with E-state index in [0.29, 0.717) is 18.0 Å². The Hall–Kier alpha value is -2.86. The highest BCUT2D eigenvalue weighted by Gasteiger charge is 2.23. The lowest BCUT2D eigenvalue weighted by atomic mass is 9.88. The largest absolute Gasteiger partial charge is 0.372 e. The summed E-state index contributed by atoms with van der Waals surface area (Å²) in [5, 5.41) is 13.2. The van der Waals surface area contributed by atoms with Crippen molar-refractivity contribution in [3.63, 3.8) is 0 Å². The van der Waals surface area contributed by atoms with Gasteiger partial charge in [-0.1, -0.05) is 59.6 Å². The molecule has 1 aliphatic carbocycles. The fourth-order valence-electron chi connectivity index (χ4n) is 5.06. The van der Waals surface area contributed by atoms with Crippen LogP contribution in [0, 0.1) is 0 Å². The molecule has 1 aromatic heterocycles. The van der Waals surface area contributed by atoms with Gasteiger partial charge in [-0.25, -0.2) is 4.98 Å². The molecule has 0 unspecified atom stereocenters. The summed E-state index contributed by atoms with van der Waals surface area (Å²) in [4.78, 5) is 9.44. The molecule has 7 heteroatoms. The van der Waals surface area contributed by atoms with E-state index in [1.165, 1.54) is 11.1 Å². The van der Waals surface area contributed by atoms with E-state index in [0.717, 1.165) is 59.0 Å². The molecule has 1 fully saturated rings. The van der Waals surface area contributed by atoms with E-state index >= 15 is 0 Å². The number of hydrogen-bond acceptors (Lipinski definition) is 5. The monoisotopic (exact) mass is 519 g/mol. The maximum absolute atomic E-state index is 6.15. The molecule has 0 radical (unpaired) electrons. The number of rotatable bonds is 8. The number of anilines is 2. The zero-order chi connectivity index (χ0) is 24.9. The third-order valence-corrected chi connectivity index (χ3v) is 7.56. The molecule has 36 heavy (non-hydrogen) atoms. The lowest BCUT2D eigenvalue weighted by molar-refractivity contribution is 0.350. The van der Waals surface area contributed by atoms with Crippen molar-refractivity contribution < 1.29 is 0 Å². The molecule has 0 spiro atoms. The number of para-hydroxylation sites is 1. The topological polar surface area (TPSA) is 61.9 Å². The summed E-state index contributed by atoms with van der Waals surface area (Å²) >= 11 is 12.3. The van der Waals surface area contributed by atoms with Crippen LogP contribution in [-0.2, 0) is 0 Å². The molecule has 1 aliphatic rings. The van der Waals surface area contributed by atoms with Gasteiger partial charge in [0, 0.05) is 47.0 Å². The van der Waals surface area contributed by atoms with Gasteiger partial charge in [-0.3, -0.25) is 0 Å². The lowest BCUT2D eigenvalue weighted by Gasteiger charge is -2.31. The quantitative estimate of drug-likeness (QED) is 0.231. The van der Waals surface area contributed by atoms with Crippen LogP contribution in [0.1, 0.15) is 42.7 Å². The van der Waals surface area contributed by atoms with Crippen LogP contribution >= 0.6 is 23.2 Å². The first-order chi connectivity index (χ1) is 17.6. The summed E-state index contributed by atoms with van der Waals surface area (Å²) in [5.74, 6) is 1.79. The summed E-state index contributed by atoms with van der Waals surface area (Å²) < 4.78 is 0. The van der Waals surface area contributed by atoms with Crippen LogP contribution in [0.25, 0.3) is 10.9 Å². The number of fused-ring (bicyclic) bond motifs is 1. The summed E-state index contributed by atoms with van der Waals surface area (Å²) in [6, 6.07) is 25.3. The van der Waals surface area contributed by atoms with Gasteiger partial charge in [0.05, 0.1) is 5.52 Å². The molecular formula is C29H31Cl2N5. The van der Waals surface area contributed by atoms with Gasteiger partial charge in [0.15, 0.2) is 0 Å². The van der Waals surface area contributed by atoms with Crippen molar-refractivity contribution in [3.05, 3.63) is 94.0 Å². The number of halogens is 2. The van der Waals surface area contributed by atoms with Gasteiger partial charge in [0.2, 0.25) is 5.95 Å². The second-order valence-electron chi connectivity index (χ2n) is 9.42. The Bertz CT molecular complexity index is 1240. The highest BCUT2D eigenvalue weighted by Crippen LogP contribution is 2.29. The van der Waals surface area contributed by atoms with E-state index in [-0.39, 0.29) is 5.92 Å². The Kier molecular flexibility index (Phi) is 7.90. The SMILES string of the molecule is CNc1nc(NC2CCC(NCC(c3ccc(Cl)cc3)c3ccc(Cl)cc3)CC2)nc2ccccc12. The van der Waals surface area contributed by atoms with E-state index in [1.54, 1.807) is 0 Å². The lowest BCUT2D eigenvalue weighted by Crippen LogP contribution is -2.39. The van der Waals surface area contributed by atoms with Crippen LogP contribution in [0.2, 0.25) is 10.0 Å². The van der Waals surface area contributed by atoms with Gasteiger partial charge in [-0.15, -0.1) is 0 Å². The van der Waals surface area contributed by atoms with Crippen LogP contribution in [0.15, 0.2) is 72.8 Å². The van der Waals surface area contributed by atoms with Gasteiger partial charge in [0.1, 0.15) is 5.82 Å². The Balaban J connectivity index is 1.20. The van der Waals surface area contributed by atoms with Gasteiger partial charge in [0.25, 0.3) is 0 Å². The maximum Gasteiger partial charge on any atom is 0.225 e. The molecule has 186 valence electrons. The van der Waals surface area contributed by atoms with Crippen LogP contribution in [-0.4, -0.2) is 35.6 Å². The minimum atomic E-state index is 0.237. The van der Waals surface area contributed by atoms with E-state index in [1.807, 2.05) is 55.6 Å². The minimum absolute atomic E-state index is 0.237. The van der Waals surface area contributed by atoms with Crippen molar-refractivity contribution in [1.82, 2.24) is 15.3 Å². The van der Waals surface area contributed by atoms with Crippen LogP contribution in [0.5, 0.6) is 0 Å². The van der Waals surface area contributed by atoms with Crippen molar-refractivity contribution in [2.24, 2.45) is 0 Å². The number of hydrogen-bond donors (Lipinski definition) is 3. The minimum Gasteiger partial charge on any atom is -0.372 e. The average molecular weight is 521 g/mol. The van der Waals surface area contributed by atoms with Gasteiger partial charge in [-0.05, 0) is 73.2 Å². The molecule has 0 bridgehead atoms. The van der Waals surface area contributed by atoms with Crippen LogP contribution in [0.3, 0.4) is 0 Å². The van der Waals surface area contributed by atoms with Gasteiger partial charge in [-0.2, -0.15) is 4.98 Å². The number of nitrogens with zero attached hydrogens (tertiary/aromatic N) is 2. The highest BCUT2D eigenvalue weighted by molar-refractivity contribution is 6.30. The molecule has 0 amide bonds. The van der Waals surface area contributed by atoms with Crippen molar-refractivity contribution in [3.8, 4) is 0 Å². The third kappa shape index (κ3) is 5.92. The molecule has 1 saturated carbocycles. The Labute approximate surface area is 222 Å². The first kappa shape index (κ1) is 24.8. The van der Waals surface area contributed by atoms with Gasteiger partial charge < -0.3 is 16.0 Å². The molecule has 3 aromatic carbocycles. The second-order valence-corrected chi connectivity index (χ2v) is 10.3. The number of aromatic nitrogens is 2. The number of benzene rings is 3. The van der Waals surface area contributed by atoms with Crippen molar-refractivity contribution in [1.29, 1.82) is 0 Å². The second kappa shape index (κ2) is 11.5. The van der Waals surface area contributed by atoms with Crippen molar-refractivity contribution in [2.45, 2.75) is 43.7 Å². The van der Waals surface area contributed by atoms with E-state index in [4.69, 9.17) is 33.2 Å². The van der Waals surface area contributed by atoms with Crippen molar-refractivity contribution >= 4 is 45.9 Å². The van der Waals surface area contributed by atoms with Crippen LogP contribution in [0.4, 0.5) is 11.8 Å². The molecule has 5 nitrogen and oxygen atoms in total. The Morgan fingerprint density at radius 2 is 1.36 bits per heavy atom. The predicted molar refractivity (Wildman–Crippen MR) is 152 cm³/mol. The average Bonchev–Trinajstić information content (AvgIpc) is 2.91. The molecule has 3 N–H and O–H groups in total. The molecule has 0 atom stereocenters. The standard InChI is InChI=1S/C29H31Cl2N5/c1-32-28-25-4-2-3-5-27(25)35-29(36-28)34-24-16-14-23(15-17-24)33-18-26(19-6-10-21(30)11-7-19)20-8-12-22(31)13-9-20/h2-13,23-24,26,33H,14-18H2,1H3,(H2,32,34,35,36). The Morgan fingerprint density at radius 3 is 1.97 bits per heavy atom. The highest BCUT2D eigenvalue weighted by atomic mass is 35.5. The predicted octanol–water partition coefficient (Wildman–Crippen LogP) is 7.12. The normalized spacial score (nSPS) is 17.9. The van der Waals surface area contributed by atoms with E-state index < -0.39 is 0 Å². The summed E-state index contributed by atoms with van der Waals surface area (Å²) in [6.07, 6.45) is 4.38. The summed E-state index contributed by atoms with van der Waals surface area (Å²) in [7, 11) is 1.90. The third-order valence-electron chi connectivity index (χ3n) is 7.06. The molecule has 5 rings (SSSR count). The Morgan fingerprint density at radius 1 is 0.778 bits per heavy atom. The smallest absolute Gasteiger partial charge is 0.225 e. The maximum atomic E-state index is 6.15. The first-order valence-corrected chi connectivity index (χ1v) is 13.3. The summed E-state index contributed by atoms with van der Waals surface area (Å²) in [6.45, 7) is 0.866. The summed E-state index contributed by atoms with van der Waals surface area (Å²) in [5.41, 5.74) is 3.45. The molecular weight excluding hydrogens is 489 g/mol. The van der Waals surface area contributed by atoms with Crippen molar-refractivity contribution in [2.75, 3.05) is 24.2 Å². The van der Waals surface area contributed by atoms with Crippen LogP contribution < -0.4 is 16.0 Å². The van der Waals surface area contributed by atoms with Gasteiger partial charge >= 0.3 is 0 Å². The number of nitrogens with one attached hydrogen (secondary N) is 3. The fourth-order valence-corrected chi connectivity index (χ4v) is 5.31. The fraction of sp³-hybridized carbons (Fsp3) is 0.310. The molecule has 0 saturated heterocycles. The first-order valence-electron chi connectivity index (χ1n) is 12.5. The zero-order valence-corrected chi connectivity index (χ0v) is 21.9. The molecule has 1 heterocycles. The van der Waals surface area contributed by atoms with E-state index in [9.17, 15) is 0 Å². The zero-order valence-electron chi connectivity index (χ0n) is 20.3. The molecule has 0 aliphatic heterocycles.